The van der Waals surface area contributed by atoms with Crippen LogP contribution in [0.5, 0.6) is 0 Å². The number of hydrogen-bond acceptors (Lipinski definition) is 4. The third kappa shape index (κ3) is 8.91. The number of fused-ring (bicyclic) bond motifs is 3. The first-order chi connectivity index (χ1) is 25.3. The van der Waals surface area contributed by atoms with Crippen LogP contribution in [0.2, 0.25) is 0 Å². The second kappa shape index (κ2) is 17.8. The molecule has 5 heteroatoms. The summed E-state index contributed by atoms with van der Waals surface area (Å²) in [7, 11) is 0. The fraction of sp³-hybridized carbons (Fsp3) is 0.327. The van der Waals surface area contributed by atoms with Gasteiger partial charge in [0.05, 0.1) is 5.52 Å². The van der Waals surface area contributed by atoms with Gasteiger partial charge in [-0.2, -0.15) is 0 Å². The summed E-state index contributed by atoms with van der Waals surface area (Å²) in [6.07, 6.45) is 4.75. The maximum atomic E-state index is 12.2. The predicted molar refractivity (Wildman–Crippen MR) is 223 cm³/mol. The van der Waals surface area contributed by atoms with Crippen molar-refractivity contribution in [1.82, 2.24) is 9.97 Å². The summed E-state index contributed by atoms with van der Waals surface area (Å²) < 4.78 is 0. The van der Waals surface area contributed by atoms with Gasteiger partial charge in [-0.15, -0.1) is 35.4 Å². The number of rotatable bonds is 11. The molecule has 0 amide bonds. The van der Waals surface area contributed by atoms with Crippen LogP contribution in [0.4, 0.5) is 0 Å². The summed E-state index contributed by atoms with van der Waals surface area (Å²) in [5.74, 6) is 1.05. The number of nitrogens with zero attached hydrogens (tertiary/aromatic N) is 2. The molecule has 5 aromatic carbocycles. The summed E-state index contributed by atoms with van der Waals surface area (Å²) in [6.45, 7) is 18.6. The van der Waals surface area contributed by atoms with Crippen LogP contribution in [-0.2, 0) is 30.3 Å². The van der Waals surface area contributed by atoms with Crippen molar-refractivity contribution in [1.29, 1.82) is 0 Å². The van der Waals surface area contributed by atoms with Crippen LogP contribution >= 0.6 is 0 Å². The van der Waals surface area contributed by atoms with E-state index in [0.29, 0.717) is 0 Å². The number of benzene rings is 5. The standard InChI is InChI=1S/C34H27N2.C15H28O2.Ir/c1-23-35-32(27-13-10-16-29(22-27)34(2,3)28-14-8-5-9-15-28)31-20-18-26-21-25(24-11-6-4-7-12-24)17-19-30(26)33(31)36-23;1-7-14(5,8-2)12(16)11-13(17)15(6,9-3)10-4;/h4-12,14-22H,1-3H3;11,16H,7-10H2,1-6H3;/q-1;;/b;12-11-;. The third-order valence-electron chi connectivity index (χ3n) is 11.8. The molecule has 1 heterocycles. The Labute approximate surface area is 336 Å². The first kappa shape index (κ1) is 42.3. The predicted octanol–water partition coefficient (Wildman–Crippen LogP) is 13.2. The average Bonchev–Trinajstić information content (AvgIpc) is 3.20. The molecule has 0 atom stereocenters. The van der Waals surface area contributed by atoms with Crippen molar-refractivity contribution in [3.8, 4) is 22.4 Å². The molecule has 1 radical (unpaired) electrons. The van der Waals surface area contributed by atoms with Crippen LogP contribution in [0.3, 0.4) is 0 Å². The molecule has 54 heavy (non-hydrogen) atoms. The molecule has 1 N–H and O–H groups in total. The molecule has 0 aliphatic heterocycles. The van der Waals surface area contributed by atoms with Crippen LogP contribution in [-0.4, -0.2) is 20.9 Å². The Morgan fingerprint density at radius 3 is 1.89 bits per heavy atom. The smallest absolute Gasteiger partial charge is 0.164 e. The van der Waals surface area contributed by atoms with E-state index in [0.717, 1.165) is 59.1 Å². The van der Waals surface area contributed by atoms with Gasteiger partial charge in [-0.1, -0.05) is 140 Å². The fourth-order valence-electron chi connectivity index (χ4n) is 6.75. The Hall–Kier alpha value is -4.44. The van der Waals surface area contributed by atoms with Crippen LogP contribution in [0.25, 0.3) is 44.1 Å². The number of allylic oxidation sites excluding steroid dienone is 2. The molecular weight excluding hydrogens is 841 g/mol. The molecule has 0 aliphatic carbocycles. The third-order valence-corrected chi connectivity index (χ3v) is 11.8. The molecule has 6 rings (SSSR count). The van der Waals surface area contributed by atoms with Crippen LogP contribution in [0, 0.1) is 23.8 Å². The maximum Gasteiger partial charge on any atom is 0.164 e. The van der Waals surface area contributed by atoms with E-state index in [1.165, 1.54) is 33.7 Å². The van der Waals surface area contributed by atoms with Gasteiger partial charge in [0.2, 0.25) is 0 Å². The SMILES string of the molecule is CCC(C)(CC)C(=O)/C=C(\O)C(C)(CC)CC.Cc1nc(-c2[c-]ccc(C(C)(C)c3ccccc3)c2)c2ccc3cc(-c4ccccc4)ccc3c2n1.[Ir]. The zero-order valence-electron chi connectivity index (χ0n) is 33.4. The average molecular weight is 896 g/mol. The van der Waals surface area contributed by atoms with Crippen molar-refractivity contribution in [2.75, 3.05) is 0 Å². The van der Waals surface area contributed by atoms with Crippen molar-refractivity contribution in [2.24, 2.45) is 10.8 Å². The quantitative estimate of drug-likeness (QED) is 0.0609. The molecule has 0 aliphatic rings. The molecule has 0 saturated heterocycles. The number of aliphatic hydroxyl groups is 1. The Balaban J connectivity index is 0.000000309. The van der Waals surface area contributed by atoms with Gasteiger partial charge in [-0.25, -0.2) is 4.98 Å². The van der Waals surface area contributed by atoms with E-state index in [1.54, 1.807) is 0 Å². The van der Waals surface area contributed by atoms with Gasteiger partial charge >= 0.3 is 0 Å². The van der Waals surface area contributed by atoms with Crippen molar-refractivity contribution >= 4 is 27.5 Å². The Kier molecular flexibility index (Phi) is 13.9. The number of aromatic nitrogens is 2. The number of aryl methyl sites for hydroxylation is 1. The van der Waals surface area contributed by atoms with Crippen LogP contribution in [0.15, 0.2) is 121 Å². The molecule has 283 valence electrons. The van der Waals surface area contributed by atoms with Gasteiger partial charge in [-0.05, 0) is 77.2 Å². The minimum atomic E-state index is -0.337. The summed E-state index contributed by atoms with van der Waals surface area (Å²) in [5.41, 5.74) is 7.11. The molecule has 0 fully saturated rings. The second-order valence-corrected chi connectivity index (χ2v) is 15.3. The Morgan fingerprint density at radius 2 is 1.28 bits per heavy atom. The number of carbonyl (C=O) groups excluding carboxylic acids is 1. The van der Waals surface area contributed by atoms with E-state index in [4.69, 9.17) is 9.97 Å². The van der Waals surface area contributed by atoms with E-state index in [2.05, 4.69) is 117 Å². The molecule has 6 aromatic rings. The van der Waals surface area contributed by atoms with Gasteiger partial charge in [-0.3, -0.25) is 9.78 Å². The van der Waals surface area contributed by atoms with E-state index < -0.39 is 0 Å². The van der Waals surface area contributed by atoms with Crippen LogP contribution < -0.4 is 0 Å². The summed E-state index contributed by atoms with van der Waals surface area (Å²) in [4.78, 5) is 22.0. The van der Waals surface area contributed by atoms with E-state index in [1.807, 2.05) is 60.6 Å². The Morgan fingerprint density at radius 1 is 0.685 bits per heavy atom. The largest absolute Gasteiger partial charge is 0.512 e. The van der Waals surface area contributed by atoms with Crippen molar-refractivity contribution in [2.45, 2.75) is 93.4 Å². The zero-order valence-corrected chi connectivity index (χ0v) is 35.8. The van der Waals surface area contributed by atoms with Gasteiger partial charge < -0.3 is 5.11 Å². The van der Waals surface area contributed by atoms with Gasteiger partial charge in [0, 0.05) is 42.4 Å². The normalized spacial score (nSPS) is 12.2. The van der Waals surface area contributed by atoms with E-state index in [9.17, 15) is 9.90 Å². The molecule has 0 unspecified atom stereocenters. The Bertz CT molecular complexity index is 2220. The summed E-state index contributed by atoms with van der Waals surface area (Å²) >= 11 is 0. The first-order valence-electron chi connectivity index (χ1n) is 19.1. The topological polar surface area (TPSA) is 63.1 Å². The van der Waals surface area contributed by atoms with E-state index >= 15 is 0 Å². The van der Waals surface area contributed by atoms with Crippen LogP contribution in [0.1, 0.15) is 98.0 Å². The van der Waals surface area contributed by atoms with Crippen molar-refractivity contribution < 1.29 is 30.0 Å². The van der Waals surface area contributed by atoms with E-state index in [-0.39, 0.29) is 47.9 Å². The number of carbonyl (C=O) groups is 1. The van der Waals surface area contributed by atoms with Gasteiger partial charge in [0.25, 0.3) is 0 Å². The molecule has 0 spiro atoms. The monoisotopic (exact) mass is 896 g/mol. The molecule has 0 bridgehead atoms. The molecular formula is C49H55IrN2O2-. The second-order valence-electron chi connectivity index (χ2n) is 15.3. The molecule has 0 saturated carbocycles. The fourth-order valence-corrected chi connectivity index (χ4v) is 6.75. The molecule has 4 nitrogen and oxygen atoms in total. The number of aliphatic hydroxyl groups excluding tert-OH is 1. The summed E-state index contributed by atoms with van der Waals surface area (Å²) in [5, 5.41) is 13.5. The minimum absolute atomic E-state index is 0. The maximum absolute atomic E-state index is 12.2. The minimum Gasteiger partial charge on any atom is -0.512 e. The number of ketones is 1. The summed E-state index contributed by atoms with van der Waals surface area (Å²) in [6, 6.07) is 42.0. The zero-order chi connectivity index (χ0) is 38.4. The van der Waals surface area contributed by atoms with Gasteiger partial charge in [0.15, 0.2) is 5.78 Å². The van der Waals surface area contributed by atoms with Gasteiger partial charge in [0.1, 0.15) is 11.6 Å². The van der Waals surface area contributed by atoms with Crippen molar-refractivity contribution in [3.63, 3.8) is 0 Å². The molecule has 1 aromatic heterocycles. The number of hydrogen-bond donors (Lipinski definition) is 1. The first-order valence-corrected chi connectivity index (χ1v) is 19.1. The van der Waals surface area contributed by atoms with Crippen molar-refractivity contribution in [3.05, 3.63) is 144 Å².